The summed E-state index contributed by atoms with van der Waals surface area (Å²) in [6.07, 6.45) is 1.15. The molecule has 0 heterocycles. The van der Waals surface area contributed by atoms with Crippen LogP contribution in [0.15, 0.2) is 12.1 Å². The molecule has 1 rings (SSSR count). The number of ether oxygens (including phenoxy) is 1. The quantitative estimate of drug-likeness (QED) is 0.794. The molecule has 0 bridgehead atoms. The van der Waals surface area contributed by atoms with Crippen molar-refractivity contribution in [1.82, 2.24) is 10.6 Å². The van der Waals surface area contributed by atoms with E-state index >= 15 is 0 Å². The van der Waals surface area contributed by atoms with E-state index in [1.54, 1.807) is 7.11 Å². The van der Waals surface area contributed by atoms with Gasteiger partial charge in [-0.15, -0.1) is 0 Å². The number of nitrogens with one attached hydrogen (secondary N) is 2. The molecule has 1 aromatic carbocycles. The van der Waals surface area contributed by atoms with E-state index in [9.17, 15) is 0 Å². The van der Waals surface area contributed by atoms with Gasteiger partial charge in [0.25, 0.3) is 0 Å². The van der Waals surface area contributed by atoms with E-state index in [1.807, 2.05) is 14.1 Å². The second kappa shape index (κ2) is 7.51. The number of hydrogen-bond acceptors (Lipinski definition) is 3. The molecular formula is C16H28N2O. The number of rotatable bonds is 7. The van der Waals surface area contributed by atoms with E-state index in [4.69, 9.17) is 4.74 Å². The lowest BCUT2D eigenvalue weighted by atomic mass is 9.87. The van der Waals surface area contributed by atoms with Gasteiger partial charge in [0.15, 0.2) is 0 Å². The smallest absolute Gasteiger partial charge is 0.122 e. The van der Waals surface area contributed by atoms with Gasteiger partial charge in [0, 0.05) is 6.04 Å². The molecule has 3 heteroatoms. The largest absolute Gasteiger partial charge is 0.496 e. The first kappa shape index (κ1) is 16.0. The van der Waals surface area contributed by atoms with Crippen LogP contribution in [-0.2, 0) is 0 Å². The Morgan fingerprint density at radius 1 is 1.16 bits per heavy atom. The van der Waals surface area contributed by atoms with Crippen molar-refractivity contribution in [2.24, 2.45) is 5.92 Å². The summed E-state index contributed by atoms with van der Waals surface area (Å²) in [5, 5.41) is 6.77. The van der Waals surface area contributed by atoms with Crippen LogP contribution in [0.1, 0.15) is 36.1 Å². The van der Waals surface area contributed by atoms with Gasteiger partial charge in [-0.3, -0.25) is 0 Å². The Labute approximate surface area is 117 Å². The van der Waals surface area contributed by atoms with Gasteiger partial charge in [-0.1, -0.05) is 19.4 Å². The van der Waals surface area contributed by atoms with Crippen molar-refractivity contribution >= 4 is 0 Å². The molecule has 3 nitrogen and oxygen atoms in total. The van der Waals surface area contributed by atoms with Crippen molar-refractivity contribution < 1.29 is 4.74 Å². The van der Waals surface area contributed by atoms with Gasteiger partial charge in [-0.2, -0.15) is 0 Å². The van der Waals surface area contributed by atoms with Gasteiger partial charge in [0.2, 0.25) is 0 Å². The fourth-order valence-corrected chi connectivity index (χ4v) is 2.78. The Morgan fingerprint density at radius 3 is 2.32 bits per heavy atom. The third kappa shape index (κ3) is 3.48. The fourth-order valence-electron chi connectivity index (χ4n) is 2.78. The maximum absolute atomic E-state index is 5.40. The minimum Gasteiger partial charge on any atom is -0.496 e. The average molecular weight is 264 g/mol. The lowest BCUT2D eigenvalue weighted by molar-refractivity contribution is 0.357. The first-order valence-electron chi connectivity index (χ1n) is 7.06. The van der Waals surface area contributed by atoms with Crippen LogP contribution >= 0.6 is 0 Å². The van der Waals surface area contributed by atoms with Crippen molar-refractivity contribution in [3.63, 3.8) is 0 Å². The van der Waals surface area contributed by atoms with Crippen LogP contribution in [0, 0.1) is 19.8 Å². The minimum absolute atomic E-state index is 0.377. The molecule has 0 amide bonds. The molecule has 19 heavy (non-hydrogen) atoms. The fraction of sp³-hybridized carbons (Fsp3) is 0.625. The zero-order chi connectivity index (χ0) is 14.4. The van der Waals surface area contributed by atoms with E-state index in [2.05, 4.69) is 43.5 Å². The van der Waals surface area contributed by atoms with Crippen molar-refractivity contribution in [1.29, 1.82) is 0 Å². The third-order valence-corrected chi connectivity index (χ3v) is 4.11. The predicted molar refractivity (Wildman–Crippen MR) is 82.0 cm³/mol. The average Bonchev–Trinajstić information content (AvgIpc) is 2.43. The second-order valence-corrected chi connectivity index (χ2v) is 5.10. The standard InChI is InChI=1S/C16H28N2O/c1-7-13(10-17-4)16(18-5)14-8-9-15(19-6)12(3)11(14)2/h8-9,13,16-18H,7,10H2,1-6H3. The third-order valence-electron chi connectivity index (χ3n) is 4.11. The summed E-state index contributed by atoms with van der Waals surface area (Å²) in [5.41, 5.74) is 3.94. The highest BCUT2D eigenvalue weighted by Gasteiger charge is 2.22. The first-order chi connectivity index (χ1) is 9.10. The summed E-state index contributed by atoms with van der Waals surface area (Å²) in [5.74, 6) is 1.55. The molecule has 0 aliphatic carbocycles. The van der Waals surface area contributed by atoms with E-state index in [0.717, 1.165) is 18.7 Å². The van der Waals surface area contributed by atoms with Gasteiger partial charge >= 0.3 is 0 Å². The molecular weight excluding hydrogens is 236 g/mol. The maximum atomic E-state index is 5.40. The summed E-state index contributed by atoms with van der Waals surface area (Å²) < 4.78 is 5.40. The van der Waals surface area contributed by atoms with E-state index < -0.39 is 0 Å². The van der Waals surface area contributed by atoms with Gasteiger partial charge in [0.1, 0.15) is 5.75 Å². The molecule has 0 aliphatic heterocycles. The molecule has 1 aromatic rings. The highest BCUT2D eigenvalue weighted by molar-refractivity contribution is 5.45. The van der Waals surface area contributed by atoms with Crippen LogP contribution in [0.3, 0.4) is 0 Å². The zero-order valence-electron chi connectivity index (χ0n) is 13.1. The normalized spacial score (nSPS) is 14.2. The van der Waals surface area contributed by atoms with Crippen LogP contribution in [0.25, 0.3) is 0 Å². The molecule has 0 radical (unpaired) electrons. The molecule has 0 saturated carbocycles. The van der Waals surface area contributed by atoms with Gasteiger partial charge in [-0.25, -0.2) is 0 Å². The van der Waals surface area contributed by atoms with Gasteiger partial charge in [-0.05, 0) is 63.2 Å². The Morgan fingerprint density at radius 2 is 1.84 bits per heavy atom. The Kier molecular flexibility index (Phi) is 6.32. The van der Waals surface area contributed by atoms with E-state index in [0.29, 0.717) is 12.0 Å². The lowest BCUT2D eigenvalue weighted by Gasteiger charge is -2.28. The summed E-state index contributed by atoms with van der Waals surface area (Å²) in [7, 11) is 5.79. The summed E-state index contributed by atoms with van der Waals surface area (Å²) in [6.45, 7) is 7.58. The number of methoxy groups -OCH3 is 1. The van der Waals surface area contributed by atoms with Crippen molar-refractivity contribution in [2.45, 2.75) is 33.2 Å². The molecule has 0 fully saturated rings. The van der Waals surface area contributed by atoms with Crippen molar-refractivity contribution in [2.75, 3.05) is 27.7 Å². The molecule has 108 valence electrons. The Balaban J connectivity index is 3.14. The van der Waals surface area contributed by atoms with Crippen molar-refractivity contribution in [3.05, 3.63) is 28.8 Å². The molecule has 0 aromatic heterocycles. The minimum atomic E-state index is 0.377. The van der Waals surface area contributed by atoms with Crippen molar-refractivity contribution in [3.8, 4) is 5.75 Å². The number of benzene rings is 1. The van der Waals surface area contributed by atoms with Gasteiger partial charge < -0.3 is 15.4 Å². The zero-order valence-corrected chi connectivity index (χ0v) is 13.1. The SMILES string of the molecule is CCC(CNC)C(NC)c1ccc(OC)c(C)c1C. The van der Waals surface area contributed by atoms with Crippen LogP contribution in [0.5, 0.6) is 5.75 Å². The monoisotopic (exact) mass is 264 g/mol. The van der Waals surface area contributed by atoms with E-state index in [1.165, 1.54) is 16.7 Å². The molecule has 2 N–H and O–H groups in total. The van der Waals surface area contributed by atoms with Gasteiger partial charge in [0.05, 0.1) is 7.11 Å². The van der Waals surface area contributed by atoms with Crippen LogP contribution in [-0.4, -0.2) is 27.7 Å². The molecule has 2 atom stereocenters. The number of hydrogen-bond donors (Lipinski definition) is 2. The second-order valence-electron chi connectivity index (χ2n) is 5.10. The molecule has 2 unspecified atom stereocenters. The maximum Gasteiger partial charge on any atom is 0.122 e. The van der Waals surface area contributed by atoms with E-state index in [-0.39, 0.29) is 0 Å². The molecule has 0 spiro atoms. The van der Waals surface area contributed by atoms with Crippen LogP contribution < -0.4 is 15.4 Å². The van der Waals surface area contributed by atoms with Crippen LogP contribution in [0.2, 0.25) is 0 Å². The Bertz CT molecular complexity index is 404. The predicted octanol–water partition coefficient (Wildman–Crippen LogP) is 2.82. The highest BCUT2D eigenvalue weighted by Crippen LogP contribution is 2.32. The lowest BCUT2D eigenvalue weighted by Crippen LogP contribution is -2.32. The molecule has 0 aliphatic rings. The Hall–Kier alpha value is -1.06. The first-order valence-corrected chi connectivity index (χ1v) is 7.06. The van der Waals surface area contributed by atoms with Crippen LogP contribution in [0.4, 0.5) is 0 Å². The highest BCUT2D eigenvalue weighted by atomic mass is 16.5. The summed E-state index contributed by atoms with van der Waals surface area (Å²) in [4.78, 5) is 0. The topological polar surface area (TPSA) is 33.3 Å². The summed E-state index contributed by atoms with van der Waals surface area (Å²) in [6, 6.07) is 4.65. The molecule has 0 saturated heterocycles. The summed E-state index contributed by atoms with van der Waals surface area (Å²) >= 11 is 0.